The first-order valence-electron chi connectivity index (χ1n) is 3.73. The molecule has 2 aromatic heterocycles. The summed E-state index contributed by atoms with van der Waals surface area (Å²) < 4.78 is 36.9. The number of halogens is 4. The molecule has 1 nitrogen and oxygen atoms in total. The van der Waals surface area contributed by atoms with E-state index >= 15 is 0 Å². The van der Waals surface area contributed by atoms with Crippen LogP contribution in [0.1, 0.15) is 0 Å². The van der Waals surface area contributed by atoms with Gasteiger partial charge in [0, 0.05) is 4.70 Å². The number of fused-ring (bicyclic) bond motifs is 1. The van der Waals surface area contributed by atoms with Crippen molar-refractivity contribution in [1.82, 2.24) is 4.98 Å². The molecule has 2 rings (SSSR count). The van der Waals surface area contributed by atoms with Gasteiger partial charge in [-0.1, -0.05) is 22.4 Å². The molecule has 0 amide bonds. The summed E-state index contributed by atoms with van der Waals surface area (Å²) in [6, 6.07) is 4.06. The molecule has 0 aliphatic carbocycles. The molecule has 8 heteroatoms. The van der Waals surface area contributed by atoms with Gasteiger partial charge in [0.15, 0.2) is 0 Å². The van der Waals surface area contributed by atoms with Gasteiger partial charge < -0.3 is 12.9 Å². The van der Waals surface area contributed by atoms with Gasteiger partial charge in [-0.05, 0) is 12.1 Å². The van der Waals surface area contributed by atoms with Crippen LogP contribution in [0.2, 0.25) is 5.15 Å². The molecule has 0 fully saturated rings. The van der Waals surface area contributed by atoms with E-state index in [0.29, 0.717) is 21.6 Å². The zero-order chi connectivity index (χ0) is 10.3. The molecule has 0 saturated carbocycles. The Morgan fingerprint density at radius 1 is 1.27 bits per heavy atom. The van der Waals surface area contributed by atoms with Crippen LogP contribution < -0.4 is 56.2 Å². The van der Waals surface area contributed by atoms with E-state index < -0.39 is 11.8 Å². The molecule has 0 aliphatic heterocycles. The van der Waals surface area contributed by atoms with Gasteiger partial charge in [-0.25, -0.2) is 4.98 Å². The molecular formula is C7H3BClF3KNS. The fourth-order valence-electron chi connectivity index (χ4n) is 1.08. The third kappa shape index (κ3) is 3.18. The quantitative estimate of drug-likeness (QED) is 0.528. The number of thiophene rings is 1. The van der Waals surface area contributed by atoms with E-state index in [0.717, 1.165) is 6.07 Å². The van der Waals surface area contributed by atoms with Crippen molar-refractivity contribution in [2.45, 2.75) is 0 Å². The van der Waals surface area contributed by atoms with Gasteiger partial charge in [-0.3, -0.25) is 0 Å². The summed E-state index contributed by atoms with van der Waals surface area (Å²) in [6.45, 7) is -4.93. The van der Waals surface area contributed by atoms with Crippen molar-refractivity contribution in [2.75, 3.05) is 0 Å². The number of aromatic nitrogens is 1. The predicted octanol–water partition coefficient (Wildman–Crippen LogP) is 0.00810. The van der Waals surface area contributed by atoms with Crippen molar-refractivity contribution in [3.63, 3.8) is 0 Å². The molecule has 15 heavy (non-hydrogen) atoms. The molecule has 0 aromatic carbocycles. The molecular weight excluding hydrogens is 273 g/mol. The summed E-state index contributed by atoms with van der Waals surface area (Å²) >= 11 is 6.25. The second kappa shape index (κ2) is 5.03. The van der Waals surface area contributed by atoms with E-state index in [9.17, 15) is 12.9 Å². The van der Waals surface area contributed by atoms with Gasteiger partial charge in [-0.2, -0.15) is 11.3 Å². The molecule has 0 spiro atoms. The number of rotatable bonds is 1. The molecule has 0 bridgehead atoms. The number of pyridine rings is 1. The Balaban J connectivity index is 0.00000112. The molecule has 0 unspecified atom stereocenters. The van der Waals surface area contributed by atoms with Gasteiger partial charge in [0.25, 0.3) is 0 Å². The maximum atomic E-state index is 12.3. The summed E-state index contributed by atoms with van der Waals surface area (Å²) in [4.78, 5) is 3.80. The van der Waals surface area contributed by atoms with E-state index in [1.807, 2.05) is 0 Å². The van der Waals surface area contributed by atoms with Crippen LogP contribution in [-0.2, 0) is 0 Å². The Bertz CT molecular complexity index is 487. The zero-order valence-corrected chi connectivity index (χ0v) is 12.4. The van der Waals surface area contributed by atoms with Crippen LogP contribution >= 0.6 is 22.9 Å². The van der Waals surface area contributed by atoms with E-state index in [1.165, 1.54) is 6.07 Å². The van der Waals surface area contributed by atoms with Crippen LogP contribution in [-0.4, -0.2) is 12.0 Å². The van der Waals surface area contributed by atoms with Crippen LogP contribution in [0.25, 0.3) is 10.2 Å². The minimum atomic E-state index is -4.93. The Hall–Kier alpha value is 0.891. The van der Waals surface area contributed by atoms with Crippen LogP contribution in [0.5, 0.6) is 0 Å². The number of nitrogens with zero attached hydrogens (tertiary/aromatic N) is 1. The van der Waals surface area contributed by atoms with Crippen LogP contribution in [0.4, 0.5) is 12.9 Å². The molecule has 0 aliphatic rings. The molecule has 0 N–H and O–H groups in total. The predicted molar refractivity (Wildman–Crippen MR) is 53.3 cm³/mol. The van der Waals surface area contributed by atoms with Gasteiger partial charge in [0.2, 0.25) is 0 Å². The molecule has 2 heterocycles. The van der Waals surface area contributed by atoms with Crippen LogP contribution in [0.3, 0.4) is 0 Å². The fourth-order valence-corrected chi connectivity index (χ4v) is 2.14. The topological polar surface area (TPSA) is 12.9 Å². The monoisotopic (exact) mass is 275 g/mol. The van der Waals surface area contributed by atoms with E-state index in [4.69, 9.17) is 11.6 Å². The molecule has 0 atom stereocenters. The van der Waals surface area contributed by atoms with Gasteiger partial charge in [-0.15, -0.1) is 0 Å². The second-order valence-corrected chi connectivity index (χ2v) is 4.24. The Labute approximate surface area is 136 Å². The molecule has 0 radical (unpaired) electrons. The van der Waals surface area contributed by atoms with E-state index in [1.54, 1.807) is 6.07 Å². The molecule has 2 aromatic rings. The Kier molecular flexibility index (Phi) is 4.68. The van der Waals surface area contributed by atoms with Gasteiger partial charge in [0.05, 0.1) is 5.52 Å². The fraction of sp³-hybridized carbons (Fsp3) is 0. The number of hydrogen-bond donors (Lipinski definition) is 0. The molecule has 0 saturated heterocycles. The maximum absolute atomic E-state index is 12.3. The smallest absolute Gasteiger partial charge is 0.444 e. The summed E-state index contributed by atoms with van der Waals surface area (Å²) in [6.07, 6.45) is 0. The van der Waals surface area contributed by atoms with Gasteiger partial charge in [0.1, 0.15) is 5.15 Å². The van der Waals surface area contributed by atoms with Crippen molar-refractivity contribution in [3.05, 3.63) is 23.4 Å². The first-order chi connectivity index (χ1) is 6.47. The standard InChI is InChI=1S/C7H3BClF3NS.K/c9-7-2-1-5-4(13-7)3-6(14-5)8(10,11)12;/h1-3H;/q-1;+1. The third-order valence-electron chi connectivity index (χ3n) is 1.68. The zero-order valence-electron chi connectivity index (χ0n) is 7.68. The number of hydrogen-bond acceptors (Lipinski definition) is 2. The van der Waals surface area contributed by atoms with Crippen LogP contribution in [0.15, 0.2) is 18.2 Å². The van der Waals surface area contributed by atoms with Crippen LogP contribution in [0, 0.1) is 0 Å². The largest absolute Gasteiger partial charge is 1.00 e. The maximum Gasteiger partial charge on any atom is 1.00 e. The normalized spacial score (nSPS) is 11.5. The molecule has 74 valence electrons. The van der Waals surface area contributed by atoms with Crippen molar-refractivity contribution < 1.29 is 64.3 Å². The summed E-state index contributed by atoms with van der Waals surface area (Å²) in [7, 11) is 0. The minimum Gasteiger partial charge on any atom is -0.444 e. The van der Waals surface area contributed by atoms with Crippen molar-refractivity contribution in [2.24, 2.45) is 0 Å². The second-order valence-electron chi connectivity index (χ2n) is 2.74. The van der Waals surface area contributed by atoms with Gasteiger partial charge >= 0.3 is 58.4 Å². The minimum absolute atomic E-state index is 0. The van der Waals surface area contributed by atoms with Crippen molar-refractivity contribution in [1.29, 1.82) is 0 Å². The van der Waals surface area contributed by atoms with Crippen molar-refractivity contribution in [3.8, 4) is 0 Å². The summed E-state index contributed by atoms with van der Waals surface area (Å²) in [5.74, 6) is 0. The Morgan fingerprint density at radius 2 is 1.93 bits per heavy atom. The average Bonchev–Trinajstić information content (AvgIpc) is 2.45. The summed E-state index contributed by atoms with van der Waals surface area (Å²) in [5.41, 5.74) is 0.303. The van der Waals surface area contributed by atoms with E-state index in [2.05, 4.69) is 4.98 Å². The Morgan fingerprint density at radius 3 is 2.53 bits per heavy atom. The third-order valence-corrected chi connectivity index (χ3v) is 3.08. The SMILES string of the molecule is F[B-](F)(F)c1cc2nc(Cl)ccc2s1.[K+]. The first-order valence-corrected chi connectivity index (χ1v) is 4.92. The van der Waals surface area contributed by atoms with Crippen molar-refractivity contribution >= 4 is 44.9 Å². The first kappa shape index (κ1) is 14.0. The van der Waals surface area contributed by atoms with E-state index in [-0.39, 0.29) is 56.5 Å². The summed E-state index contributed by atoms with van der Waals surface area (Å²) in [5, 5.41) is 0.205. The average molecular weight is 276 g/mol.